The molecular weight excluding hydrogens is 466 g/mol. The molecule has 190 valence electrons. The predicted octanol–water partition coefficient (Wildman–Crippen LogP) is 3.19. The molecule has 0 spiro atoms. The van der Waals surface area contributed by atoms with Gasteiger partial charge in [0.1, 0.15) is 17.9 Å². The first kappa shape index (κ1) is 23.5. The van der Waals surface area contributed by atoms with Crippen LogP contribution in [0.3, 0.4) is 0 Å². The Kier molecular flexibility index (Phi) is 6.11. The average Bonchev–Trinajstić information content (AvgIpc) is 3.47. The van der Waals surface area contributed by atoms with Crippen molar-refractivity contribution in [1.82, 2.24) is 25.3 Å². The lowest BCUT2D eigenvalue weighted by atomic mass is 9.50. The summed E-state index contributed by atoms with van der Waals surface area (Å²) in [4.78, 5) is 25.0. The molecule has 0 unspecified atom stereocenters. The number of anilines is 1. The maximum absolute atomic E-state index is 12.8. The summed E-state index contributed by atoms with van der Waals surface area (Å²) in [6, 6.07) is 2.74. The number of hydrogen-bond donors (Lipinski definition) is 3. The van der Waals surface area contributed by atoms with E-state index in [1.807, 2.05) is 0 Å². The largest absolute Gasteiger partial charge is 0.471 e. The lowest BCUT2D eigenvalue weighted by Crippen LogP contribution is -2.68. The summed E-state index contributed by atoms with van der Waals surface area (Å²) in [6.45, 7) is 3.06. The predicted molar refractivity (Wildman–Crippen MR) is 117 cm³/mol. The summed E-state index contributed by atoms with van der Waals surface area (Å²) in [7, 11) is 0. The topological polar surface area (TPSA) is 132 Å². The highest BCUT2D eigenvalue weighted by Crippen LogP contribution is 2.56. The number of alkyl carbamates (subject to hydrolysis) is 1. The summed E-state index contributed by atoms with van der Waals surface area (Å²) >= 11 is 0. The number of nitrogens with zero attached hydrogens (tertiary/aromatic N) is 3. The minimum Gasteiger partial charge on any atom is -0.471 e. The lowest BCUT2D eigenvalue weighted by Gasteiger charge is -2.61. The molecule has 0 radical (unpaired) electrons. The number of nitrogens with one attached hydrogen (secondary N) is 3. The van der Waals surface area contributed by atoms with E-state index in [0.29, 0.717) is 12.1 Å². The minimum absolute atomic E-state index is 0.0438. The van der Waals surface area contributed by atoms with Gasteiger partial charge in [0.15, 0.2) is 12.4 Å². The van der Waals surface area contributed by atoms with Crippen molar-refractivity contribution in [3.63, 3.8) is 0 Å². The van der Waals surface area contributed by atoms with Crippen molar-refractivity contribution < 1.29 is 32.6 Å². The second kappa shape index (κ2) is 9.10. The number of aromatic nitrogens is 4. The molecule has 13 heteroatoms. The van der Waals surface area contributed by atoms with E-state index in [-0.39, 0.29) is 47.8 Å². The first-order valence-corrected chi connectivity index (χ1v) is 11.7. The number of amides is 2. The van der Waals surface area contributed by atoms with Crippen LogP contribution in [0.5, 0.6) is 5.88 Å². The van der Waals surface area contributed by atoms with E-state index in [0.717, 1.165) is 25.2 Å². The summed E-state index contributed by atoms with van der Waals surface area (Å²) in [5.41, 5.74) is 0.733. The number of ether oxygens (including phenoxy) is 3. The van der Waals surface area contributed by atoms with Crippen LogP contribution in [0.2, 0.25) is 0 Å². The van der Waals surface area contributed by atoms with Crippen LogP contribution in [0.25, 0.3) is 0 Å². The monoisotopic (exact) mass is 494 g/mol. The zero-order chi connectivity index (χ0) is 24.7. The van der Waals surface area contributed by atoms with Crippen LogP contribution in [0, 0.1) is 5.92 Å². The van der Waals surface area contributed by atoms with Crippen LogP contribution in [-0.2, 0) is 9.47 Å². The van der Waals surface area contributed by atoms with Gasteiger partial charge in [-0.25, -0.2) is 13.6 Å². The van der Waals surface area contributed by atoms with Gasteiger partial charge in [0.2, 0.25) is 5.88 Å². The van der Waals surface area contributed by atoms with Crippen molar-refractivity contribution in [1.29, 1.82) is 0 Å². The van der Waals surface area contributed by atoms with Crippen molar-refractivity contribution in [3.8, 4) is 5.88 Å². The Morgan fingerprint density at radius 3 is 2.74 bits per heavy atom. The molecule has 3 saturated carbocycles. The molecule has 11 nitrogen and oxygen atoms in total. The maximum Gasteiger partial charge on any atom is 0.407 e. The number of carbonyl (C=O) groups is 2. The molecule has 2 atom stereocenters. The van der Waals surface area contributed by atoms with E-state index < -0.39 is 25.0 Å². The van der Waals surface area contributed by atoms with Crippen LogP contribution in [0.4, 0.5) is 19.4 Å². The number of carbonyl (C=O) groups excluding carboxylic acids is 2. The van der Waals surface area contributed by atoms with Gasteiger partial charge in [0.25, 0.3) is 12.3 Å². The van der Waals surface area contributed by atoms with Crippen molar-refractivity contribution >= 4 is 17.8 Å². The van der Waals surface area contributed by atoms with E-state index >= 15 is 0 Å². The third-order valence-electron chi connectivity index (χ3n) is 6.62. The van der Waals surface area contributed by atoms with Gasteiger partial charge < -0.3 is 24.8 Å². The fourth-order valence-electron chi connectivity index (χ4n) is 4.83. The molecule has 6 rings (SSSR count). The van der Waals surface area contributed by atoms with Crippen molar-refractivity contribution in [2.75, 3.05) is 18.5 Å². The molecule has 2 bridgehead atoms. The molecule has 0 aromatic carbocycles. The zero-order valence-corrected chi connectivity index (χ0v) is 19.4. The Labute approximate surface area is 199 Å². The number of halogens is 2. The minimum atomic E-state index is -2.65. The summed E-state index contributed by atoms with van der Waals surface area (Å²) in [5, 5.41) is 16.7. The lowest BCUT2D eigenvalue weighted by molar-refractivity contribution is -0.0510. The Bertz CT molecular complexity index is 1090. The van der Waals surface area contributed by atoms with Gasteiger partial charge in [-0.1, -0.05) is 0 Å². The highest BCUT2D eigenvalue weighted by Gasteiger charge is 2.57. The molecule has 3 aliphatic carbocycles. The van der Waals surface area contributed by atoms with E-state index in [1.165, 1.54) is 10.7 Å². The molecule has 2 aromatic rings. The normalized spacial score (nSPS) is 26.9. The fraction of sp³-hybridized carbons (Fsp3) is 0.636. The van der Waals surface area contributed by atoms with E-state index in [1.54, 1.807) is 19.9 Å². The van der Waals surface area contributed by atoms with Gasteiger partial charge in [-0.3, -0.25) is 14.6 Å². The molecule has 4 aliphatic rings. The van der Waals surface area contributed by atoms with Crippen molar-refractivity contribution in [2.24, 2.45) is 5.92 Å². The van der Waals surface area contributed by atoms with Crippen LogP contribution in [0.1, 0.15) is 67.9 Å². The van der Waals surface area contributed by atoms with Gasteiger partial charge in [-0.05, 0) is 39.0 Å². The Morgan fingerprint density at radius 1 is 1.31 bits per heavy atom. The Morgan fingerprint density at radius 2 is 2.09 bits per heavy atom. The maximum atomic E-state index is 12.8. The SMILES string of the molecule is CC(C)n1nc(OCC(F)F)cc1C(=O)Nc1cc([C@@H]2C[C@H](OC(=O)NC34CC(C3)C4)CO2)[nH]n1. The fourth-order valence-corrected chi connectivity index (χ4v) is 4.83. The van der Waals surface area contributed by atoms with Crippen LogP contribution in [0.15, 0.2) is 12.1 Å². The molecular formula is C22H28F2N6O5. The molecule has 3 heterocycles. The Balaban J connectivity index is 1.15. The molecule has 4 fully saturated rings. The third kappa shape index (κ3) is 4.95. The summed E-state index contributed by atoms with van der Waals surface area (Å²) < 4.78 is 42.5. The second-order valence-corrected chi connectivity index (χ2v) is 9.74. The van der Waals surface area contributed by atoms with Gasteiger partial charge >= 0.3 is 6.09 Å². The smallest absolute Gasteiger partial charge is 0.407 e. The molecule has 35 heavy (non-hydrogen) atoms. The highest BCUT2D eigenvalue weighted by molar-refractivity contribution is 6.02. The number of alkyl halides is 2. The second-order valence-electron chi connectivity index (χ2n) is 9.74. The van der Waals surface area contributed by atoms with Crippen molar-refractivity contribution in [3.05, 3.63) is 23.5 Å². The highest BCUT2D eigenvalue weighted by atomic mass is 19.3. The number of H-pyrrole nitrogens is 1. The van der Waals surface area contributed by atoms with Gasteiger partial charge in [-0.2, -0.15) is 5.10 Å². The molecule has 1 aliphatic heterocycles. The molecule has 3 N–H and O–H groups in total. The average molecular weight is 494 g/mol. The Hall–Kier alpha value is -3.22. The molecule has 1 saturated heterocycles. The number of aromatic amines is 1. The van der Waals surface area contributed by atoms with E-state index in [4.69, 9.17) is 14.2 Å². The van der Waals surface area contributed by atoms with E-state index in [2.05, 4.69) is 25.9 Å². The summed E-state index contributed by atoms with van der Waals surface area (Å²) in [5.74, 6) is 0.438. The number of hydrogen-bond acceptors (Lipinski definition) is 7. The first-order valence-electron chi connectivity index (χ1n) is 11.7. The first-order chi connectivity index (χ1) is 16.7. The third-order valence-corrected chi connectivity index (χ3v) is 6.62. The van der Waals surface area contributed by atoms with Crippen LogP contribution >= 0.6 is 0 Å². The van der Waals surface area contributed by atoms with Crippen molar-refractivity contribution in [2.45, 2.75) is 69.7 Å². The number of rotatable bonds is 9. The van der Waals surface area contributed by atoms with Gasteiger partial charge in [0.05, 0.1) is 12.3 Å². The van der Waals surface area contributed by atoms with Crippen LogP contribution in [-0.4, -0.2) is 63.3 Å². The molecule has 2 aromatic heterocycles. The standard InChI is InChI=1S/C22H28F2N6O5/c1-11(2)30-15(5-19(29-30)34-10-17(23)24)20(31)25-18-4-14(27-28-18)16-3-13(9-33-16)35-21(32)26-22-6-12(7-22)8-22/h4-5,11-13,16-17H,3,6-10H2,1-2H3,(H,26,32)(H2,25,27,28,31)/t12?,13-,16-,22?/m0/s1. The quantitative estimate of drug-likeness (QED) is 0.488. The van der Waals surface area contributed by atoms with Crippen LogP contribution < -0.4 is 15.4 Å². The van der Waals surface area contributed by atoms with E-state index in [9.17, 15) is 18.4 Å². The van der Waals surface area contributed by atoms with Gasteiger partial charge in [-0.15, -0.1) is 5.10 Å². The summed E-state index contributed by atoms with van der Waals surface area (Å²) in [6.07, 6.45) is -0.220. The van der Waals surface area contributed by atoms with Gasteiger partial charge in [0, 0.05) is 30.1 Å². The molecule has 2 amide bonds. The zero-order valence-electron chi connectivity index (χ0n) is 19.4.